The van der Waals surface area contributed by atoms with Crippen molar-refractivity contribution in [3.05, 3.63) is 35.7 Å². The minimum Gasteiger partial charge on any atom is -0.357 e. The maximum atomic E-state index is 4.44. The number of aryl methyl sites for hydroxylation is 2. The molecule has 6 nitrogen and oxygen atoms in total. The van der Waals surface area contributed by atoms with Crippen LogP contribution in [0.3, 0.4) is 0 Å². The molecule has 0 aliphatic heterocycles. The number of benzene rings is 1. The lowest BCUT2D eigenvalue weighted by Gasteiger charge is -2.09. The van der Waals surface area contributed by atoms with Gasteiger partial charge in [0, 0.05) is 12.7 Å². The summed E-state index contributed by atoms with van der Waals surface area (Å²) in [5, 5.41) is 6.27. The molecule has 0 amide bonds. The van der Waals surface area contributed by atoms with Crippen molar-refractivity contribution < 1.29 is 0 Å². The summed E-state index contributed by atoms with van der Waals surface area (Å²) in [5.74, 6) is 1.25. The van der Waals surface area contributed by atoms with Crippen LogP contribution in [0.2, 0.25) is 0 Å². The zero-order valence-electron chi connectivity index (χ0n) is 11.7. The van der Waals surface area contributed by atoms with Crippen LogP contribution in [0.25, 0.3) is 11.2 Å². The van der Waals surface area contributed by atoms with Crippen molar-refractivity contribution in [2.45, 2.75) is 13.8 Å². The van der Waals surface area contributed by atoms with E-state index in [-0.39, 0.29) is 0 Å². The monoisotopic (exact) mass is 268 g/mol. The molecule has 0 spiro atoms. The molecule has 0 saturated heterocycles. The van der Waals surface area contributed by atoms with E-state index < -0.39 is 0 Å². The quantitative estimate of drug-likeness (QED) is 0.680. The summed E-state index contributed by atoms with van der Waals surface area (Å²) in [7, 11) is 1.79. The Kier molecular flexibility index (Phi) is 2.98. The third kappa shape index (κ3) is 2.27. The lowest BCUT2D eigenvalue weighted by atomic mass is 10.1. The number of nitrogens with one attached hydrogen (secondary N) is 3. The van der Waals surface area contributed by atoms with Gasteiger partial charge in [0.1, 0.15) is 5.52 Å². The molecule has 2 heterocycles. The Morgan fingerprint density at radius 1 is 1.05 bits per heavy atom. The second kappa shape index (κ2) is 4.80. The molecule has 3 N–H and O–H groups in total. The average molecular weight is 268 g/mol. The fourth-order valence-electron chi connectivity index (χ4n) is 2.22. The first-order chi connectivity index (χ1) is 9.65. The van der Waals surface area contributed by atoms with Crippen molar-refractivity contribution in [1.82, 2.24) is 19.9 Å². The van der Waals surface area contributed by atoms with Crippen LogP contribution in [0.5, 0.6) is 0 Å². The average Bonchev–Trinajstić information content (AvgIpc) is 2.85. The van der Waals surface area contributed by atoms with Gasteiger partial charge in [0.25, 0.3) is 0 Å². The Hall–Kier alpha value is -2.63. The summed E-state index contributed by atoms with van der Waals surface area (Å²) in [6, 6.07) is 6.29. The SMILES string of the molecule is CNc1nc(Nc2cc(C)cc(C)c2)c2[nH]cnc2n1. The van der Waals surface area contributed by atoms with Crippen LogP contribution >= 0.6 is 0 Å². The second-order valence-corrected chi connectivity index (χ2v) is 4.75. The van der Waals surface area contributed by atoms with Crippen LogP contribution in [0.4, 0.5) is 17.5 Å². The highest BCUT2D eigenvalue weighted by Crippen LogP contribution is 2.24. The zero-order valence-corrected chi connectivity index (χ0v) is 11.7. The van der Waals surface area contributed by atoms with Crippen molar-refractivity contribution in [2.24, 2.45) is 0 Å². The van der Waals surface area contributed by atoms with Gasteiger partial charge in [0.05, 0.1) is 6.33 Å². The van der Waals surface area contributed by atoms with Gasteiger partial charge in [-0.15, -0.1) is 0 Å². The number of rotatable bonds is 3. The van der Waals surface area contributed by atoms with Gasteiger partial charge in [0.15, 0.2) is 11.5 Å². The lowest BCUT2D eigenvalue weighted by Crippen LogP contribution is -2.02. The summed E-state index contributed by atoms with van der Waals surface area (Å²) in [4.78, 5) is 16.0. The number of H-pyrrole nitrogens is 1. The molecule has 0 fully saturated rings. The van der Waals surface area contributed by atoms with Gasteiger partial charge in [0.2, 0.25) is 5.95 Å². The van der Waals surface area contributed by atoms with Crippen LogP contribution in [0, 0.1) is 13.8 Å². The van der Waals surface area contributed by atoms with E-state index in [4.69, 9.17) is 0 Å². The molecule has 1 aromatic carbocycles. The Balaban J connectivity index is 2.07. The van der Waals surface area contributed by atoms with Crippen molar-refractivity contribution >= 4 is 28.6 Å². The predicted molar refractivity (Wildman–Crippen MR) is 80.4 cm³/mol. The maximum absolute atomic E-state index is 4.44. The number of fused-ring (bicyclic) bond motifs is 1. The van der Waals surface area contributed by atoms with Gasteiger partial charge in [-0.2, -0.15) is 9.97 Å². The van der Waals surface area contributed by atoms with Crippen LogP contribution in [-0.4, -0.2) is 27.0 Å². The molecule has 6 heteroatoms. The highest BCUT2D eigenvalue weighted by atomic mass is 15.2. The number of hydrogen-bond acceptors (Lipinski definition) is 5. The third-order valence-electron chi connectivity index (χ3n) is 2.99. The van der Waals surface area contributed by atoms with E-state index in [2.05, 4.69) is 62.6 Å². The smallest absolute Gasteiger partial charge is 0.226 e. The Morgan fingerprint density at radius 3 is 2.50 bits per heavy atom. The summed E-state index contributed by atoms with van der Waals surface area (Å²) < 4.78 is 0. The molecule has 3 rings (SSSR count). The summed E-state index contributed by atoms with van der Waals surface area (Å²) in [6.07, 6.45) is 1.62. The molecule has 0 atom stereocenters. The molecule has 3 aromatic rings. The third-order valence-corrected chi connectivity index (χ3v) is 2.99. The highest BCUT2D eigenvalue weighted by molar-refractivity contribution is 5.86. The Morgan fingerprint density at radius 2 is 1.80 bits per heavy atom. The van der Waals surface area contributed by atoms with E-state index in [1.165, 1.54) is 11.1 Å². The highest BCUT2D eigenvalue weighted by Gasteiger charge is 2.09. The van der Waals surface area contributed by atoms with E-state index in [9.17, 15) is 0 Å². The molecule has 0 radical (unpaired) electrons. The number of imidazole rings is 1. The molecule has 0 saturated carbocycles. The topological polar surface area (TPSA) is 78.5 Å². The molecule has 0 unspecified atom stereocenters. The molecule has 102 valence electrons. The predicted octanol–water partition coefficient (Wildman–Crippen LogP) is 2.76. The van der Waals surface area contributed by atoms with Crippen molar-refractivity contribution in [1.29, 1.82) is 0 Å². The van der Waals surface area contributed by atoms with E-state index in [0.29, 0.717) is 17.4 Å². The first kappa shape index (κ1) is 12.4. The van der Waals surface area contributed by atoms with Crippen molar-refractivity contribution in [2.75, 3.05) is 17.7 Å². The van der Waals surface area contributed by atoms with E-state index in [1.807, 2.05) is 0 Å². The number of aromatic amines is 1. The summed E-state index contributed by atoms with van der Waals surface area (Å²) in [5.41, 5.74) is 4.84. The van der Waals surface area contributed by atoms with E-state index in [0.717, 1.165) is 11.2 Å². The van der Waals surface area contributed by atoms with Crippen molar-refractivity contribution in [3.63, 3.8) is 0 Å². The second-order valence-electron chi connectivity index (χ2n) is 4.75. The minimum absolute atomic E-state index is 0.538. The van der Waals surface area contributed by atoms with Crippen LogP contribution in [-0.2, 0) is 0 Å². The van der Waals surface area contributed by atoms with Crippen molar-refractivity contribution in [3.8, 4) is 0 Å². The fraction of sp³-hybridized carbons (Fsp3) is 0.214. The van der Waals surface area contributed by atoms with Gasteiger partial charge in [-0.1, -0.05) is 6.07 Å². The van der Waals surface area contributed by atoms with Gasteiger partial charge in [-0.25, -0.2) is 4.98 Å². The van der Waals surface area contributed by atoms with Crippen LogP contribution < -0.4 is 10.6 Å². The molecular weight excluding hydrogens is 252 g/mol. The molecular formula is C14H16N6. The zero-order chi connectivity index (χ0) is 14.1. The molecule has 2 aromatic heterocycles. The molecule has 0 bridgehead atoms. The maximum Gasteiger partial charge on any atom is 0.226 e. The largest absolute Gasteiger partial charge is 0.357 e. The van der Waals surface area contributed by atoms with E-state index >= 15 is 0 Å². The summed E-state index contributed by atoms with van der Waals surface area (Å²) >= 11 is 0. The number of anilines is 3. The van der Waals surface area contributed by atoms with Gasteiger partial charge >= 0.3 is 0 Å². The fourth-order valence-corrected chi connectivity index (χ4v) is 2.22. The number of nitrogens with zero attached hydrogens (tertiary/aromatic N) is 3. The molecule has 0 aliphatic rings. The summed E-state index contributed by atoms with van der Waals surface area (Å²) in [6.45, 7) is 4.14. The Labute approximate surface area is 116 Å². The van der Waals surface area contributed by atoms with Crippen LogP contribution in [0.1, 0.15) is 11.1 Å². The van der Waals surface area contributed by atoms with E-state index in [1.54, 1.807) is 13.4 Å². The van der Waals surface area contributed by atoms with Gasteiger partial charge in [-0.05, 0) is 37.1 Å². The first-order valence-electron chi connectivity index (χ1n) is 6.40. The van der Waals surface area contributed by atoms with Crippen LogP contribution in [0.15, 0.2) is 24.5 Å². The number of aromatic nitrogens is 4. The molecule has 20 heavy (non-hydrogen) atoms. The number of hydrogen-bond donors (Lipinski definition) is 3. The molecule has 0 aliphatic carbocycles. The normalized spacial score (nSPS) is 10.8. The van der Waals surface area contributed by atoms with Gasteiger partial charge in [-0.3, -0.25) is 0 Å². The standard InChI is InChI=1S/C14H16N6/c1-8-4-9(2)6-10(5-8)18-13-11-12(17-7-16-11)19-14(15-3)20-13/h4-7H,1-3H3,(H3,15,16,17,18,19,20). The minimum atomic E-state index is 0.538. The Bertz CT molecular complexity index is 741. The first-order valence-corrected chi connectivity index (χ1v) is 6.40. The lowest BCUT2D eigenvalue weighted by molar-refractivity contribution is 1.18. The van der Waals surface area contributed by atoms with Gasteiger partial charge < -0.3 is 15.6 Å².